The lowest BCUT2D eigenvalue weighted by atomic mass is 9.73. The molecule has 2 aromatic heterocycles. The second-order valence-corrected chi connectivity index (χ2v) is 10.5. The van der Waals surface area contributed by atoms with Gasteiger partial charge in [0.05, 0.1) is 29.0 Å². The number of aryl methyl sites for hydroxylation is 1. The number of carbonyl (C=O) groups is 1. The molecule has 3 aliphatic rings. The molecule has 2 aliphatic heterocycles. The number of pyridine rings is 1. The molecular weight excluding hydrogens is 448 g/mol. The number of H-pyrrole nitrogens is 1. The van der Waals surface area contributed by atoms with E-state index in [1.54, 1.807) is 6.20 Å². The summed E-state index contributed by atoms with van der Waals surface area (Å²) in [5.74, 6) is 1.86. The van der Waals surface area contributed by atoms with E-state index >= 15 is 0 Å². The third-order valence-corrected chi connectivity index (χ3v) is 8.20. The van der Waals surface area contributed by atoms with E-state index in [1.165, 1.54) is 11.1 Å². The molecule has 1 aliphatic carbocycles. The van der Waals surface area contributed by atoms with Crippen LogP contribution < -0.4 is 16.2 Å². The Morgan fingerprint density at radius 2 is 1.89 bits per heavy atom. The number of hydrogen-bond donors (Lipinski definition) is 4. The summed E-state index contributed by atoms with van der Waals surface area (Å²) in [5, 5.41) is 3.08. The van der Waals surface area contributed by atoms with Gasteiger partial charge in [0.2, 0.25) is 5.91 Å². The average molecular weight is 479 g/mol. The highest BCUT2D eigenvalue weighted by Crippen LogP contribution is 2.44. The molecule has 4 aromatic rings. The lowest BCUT2D eigenvalue weighted by Gasteiger charge is -2.33. The largest absolute Gasteiger partial charge is 0.341 e. The summed E-state index contributed by atoms with van der Waals surface area (Å²) in [6.45, 7) is 0. The lowest BCUT2D eigenvalue weighted by Crippen LogP contribution is -2.34. The van der Waals surface area contributed by atoms with Crippen LogP contribution in [0.15, 0.2) is 60.9 Å². The van der Waals surface area contributed by atoms with Crippen LogP contribution in [0, 0.1) is 5.92 Å². The number of hydrogen-bond acceptors (Lipinski definition) is 5. The number of nitrogens with one attached hydrogen (secondary N) is 4. The third kappa shape index (κ3) is 3.88. The van der Waals surface area contributed by atoms with Crippen LogP contribution >= 0.6 is 0 Å². The van der Waals surface area contributed by atoms with E-state index in [0.29, 0.717) is 24.3 Å². The van der Waals surface area contributed by atoms with Gasteiger partial charge in [-0.25, -0.2) is 10.4 Å². The molecule has 1 saturated carbocycles. The summed E-state index contributed by atoms with van der Waals surface area (Å²) in [6, 6.07) is 17.6. The van der Waals surface area contributed by atoms with Gasteiger partial charge in [-0.15, -0.1) is 0 Å². The molecule has 1 amide bonds. The van der Waals surface area contributed by atoms with Crippen LogP contribution in [-0.2, 0) is 11.2 Å². The minimum atomic E-state index is 0.0458. The number of anilines is 1. The summed E-state index contributed by atoms with van der Waals surface area (Å²) in [7, 11) is 0. The van der Waals surface area contributed by atoms with Crippen LogP contribution in [0.4, 0.5) is 5.69 Å². The third-order valence-electron chi connectivity index (χ3n) is 8.20. The molecule has 8 bridgehead atoms. The summed E-state index contributed by atoms with van der Waals surface area (Å²) >= 11 is 0. The Morgan fingerprint density at radius 3 is 2.86 bits per heavy atom. The van der Waals surface area contributed by atoms with Gasteiger partial charge in [-0.1, -0.05) is 36.4 Å². The van der Waals surface area contributed by atoms with Crippen molar-refractivity contribution < 1.29 is 4.79 Å². The number of benzene rings is 2. The molecule has 7 rings (SSSR count). The number of rotatable bonds is 0. The Balaban J connectivity index is 1.32. The molecule has 4 atom stereocenters. The zero-order valence-electron chi connectivity index (χ0n) is 20.1. The summed E-state index contributed by atoms with van der Waals surface area (Å²) < 4.78 is 0. The van der Waals surface area contributed by atoms with Gasteiger partial charge in [0.1, 0.15) is 5.82 Å². The minimum Gasteiger partial charge on any atom is -0.341 e. The standard InChI is InChI=1S/C29H30N6O/c36-26-9-2-5-17-4-1-6-19(12-17)22-7-3-8-25-27(22)33-29(32-25)28-23-14-18(10-11-24(23)34-35-28)20-13-21(31-26)16-30-15-20/h1,3-4,6-8,12-13,15-16,18,23-24,28,34-35H,2,5,9-11,14H2,(H,31,36)(H,32,33). The number of para-hydroxylation sites is 1. The Hall–Kier alpha value is -3.55. The summed E-state index contributed by atoms with van der Waals surface area (Å²) in [5.41, 5.74) is 14.7. The first-order valence-corrected chi connectivity index (χ1v) is 13.0. The van der Waals surface area contributed by atoms with Crippen LogP contribution in [0.5, 0.6) is 0 Å². The Kier molecular flexibility index (Phi) is 5.33. The number of carbonyl (C=O) groups excluding carboxylic acids is 1. The predicted octanol–water partition coefficient (Wildman–Crippen LogP) is 5.00. The van der Waals surface area contributed by atoms with Gasteiger partial charge in [0.25, 0.3) is 0 Å². The van der Waals surface area contributed by atoms with E-state index in [2.05, 4.69) is 74.7 Å². The van der Waals surface area contributed by atoms with E-state index in [-0.39, 0.29) is 11.9 Å². The zero-order chi connectivity index (χ0) is 24.1. The minimum absolute atomic E-state index is 0.0458. The molecule has 4 heterocycles. The number of imidazole rings is 1. The van der Waals surface area contributed by atoms with E-state index in [1.807, 2.05) is 6.20 Å². The van der Waals surface area contributed by atoms with Crippen molar-refractivity contribution in [2.24, 2.45) is 5.92 Å². The van der Waals surface area contributed by atoms with Crippen LogP contribution in [-0.4, -0.2) is 26.9 Å². The highest BCUT2D eigenvalue weighted by Gasteiger charge is 2.42. The number of aromatic amines is 1. The van der Waals surface area contributed by atoms with Gasteiger partial charge in [-0.3, -0.25) is 15.2 Å². The van der Waals surface area contributed by atoms with Crippen molar-refractivity contribution in [2.75, 3.05) is 5.32 Å². The maximum Gasteiger partial charge on any atom is 0.224 e. The van der Waals surface area contributed by atoms with Crippen LogP contribution in [0.1, 0.15) is 61.0 Å². The molecule has 4 N–H and O–H groups in total. The van der Waals surface area contributed by atoms with Crippen molar-refractivity contribution in [3.8, 4) is 11.1 Å². The average Bonchev–Trinajstić information content (AvgIpc) is 3.52. The second-order valence-electron chi connectivity index (χ2n) is 10.5. The van der Waals surface area contributed by atoms with E-state index in [9.17, 15) is 4.79 Å². The molecule has 36 heavy (non-hydrogen) atoms. The van der Waals surface area contributed by atoms with Crippen LogP contribution in [0.2, 0.25) is 0 Å². The number of amides is 1. The quantitative estimate of drug-likeness (QED) is 0.285. The van der Waals surface area contributed by atoms with E-state index in [4.69, 9.17) is 4.98 Å². The van der Waals surface area contributed by atoms with Gasteiger partial charge >= 0.3 is 0 Å². The van der Waals surface area contributed by atoms with Crippen LogP contribution in [0.3, 0.4) is 0 Å². The van der Waals surface area contributed by atoms with Gasteiger partial charge < -0.3 is 10.3 Å². The number of fused-ring (bicyclic) bond motifs is 9. The molecule has 7 heteroatoms. The predicted molar refractivity (Wildman–Crippen MR) is 140 cm³/mol. The van der Waals surface area contributed by atoms with Crippen molar-refractivity contribution in [2.45, 2.75) is 56.5 Å². The monoisotopic (exact) mass is 478 g/mol. The Bertz CT molecular complexity index is 1440. The van der Waals surface area contributed by atoms with Crippen molar-refractivity contribution in [3.05, 3.63) is 77.9 Å². The first-order chi connectivity index (χ1) is 17.7. The maximum absolute atomic E-state index is 12.7. The van der Waals surface area contributed by atoms with Crippen molar-refractivity contribution in [1.29, 1.82) is 0 Å². The van der Waals surface area contributed by atoms with Gasteiger partial charge in [0, 0.05) is 24.2 Å². The first kappa shape index (κ1) is 21.7. The molecule has 0 spiro atoms. The fourth-order valence-electron chi connectivity index (χ4n) is 6.38. The summed E-state index contributed by atoms with van der Waals surface area (Å²) in [4.78, 5) is 26.0. The SMILES string of the molecule is O=C1CCCc2cccc(c2)-c2cccc3[nH]c(nc23)C2NNC3CCC(CC32)c2cncc(c2)N1. The second kappa shape index (κ2) is 8.84. The van der Waals surface area contributed by atoms with Crippen molar-refractivity contribution in [1.82, 2.24) is 25.8 Å². The maximum atomic E-state index is 12.7. The van der Waals surface area contributed by atoms with Crippen molar-refractivity contribution >= 4 is 22.6 Å². The summed E-state index contributed by atoms with van der Waals surface area (Å²) in [6.07, 6.45) is 9.09. The topological polar surface area (TPSA) is 94.7 Å². The number of aromatic nitrogens is 3. The highest BCUT2D eigenvalue weighted by atomic mass is 16.1. The van der Waals surface area contributed by atoms with Crippen molar-refractivity contribution in [3.63, 3.8) is 0 Å². The Labute approximate surface area is 210 Å². The van der Waals surface area contributed by atoms with Gasteiger partial charge in [-0.2, -0.15) is 0 Å². The van der Waals surface area contributed by atoms with E-state index in [0.717, 1.165) is 65.8 Å². The molecule has 1 saturated heterocycles. The lowest BCUT2D eigenvalue weighted by molar-refractivity contribution is -0.116. The van der Waals surface area contributed by atoms with Gasteiger partial charge in [-0.05, 0) is 72.8 Å². The van der Waals surface area contributed by atoms with Gasteiger partial charge in [0.15, 0.2) is 0 Å². The highest BCUT2D eigenvalue weighted by molar-refractivity contribution is 5.92. The first-order valence-electron chi connectivity index (χ1n) is 13.0. The van der Waals surface area contributed by atoms with E-state index < -0.39 is 0 Å². The fraction of sp³-hybridized carbons (Fsp3) is 0.345. The molecule has 0 radical (unpaired) electrons. The van der Waals surface area contributed by atoms with Crippen LogP contribution in [0.25, 0.3) is 22.2 Å². The molecule has 182 valence electrons. The fourth-order valence-corrected chi connectivity index (χ4v) is 6.38. The Morgan fingerprint density at radius 1 is 0.944 bits per heavy atom. The zero-order valence-corrected chi connectivity index (χ0v) is 20.1. The smallest absolute Gasteiger partial charge is 0.224 e. The number of hydrazine groups is 1. The molecule has 2 fully saturated rings. The normalized spacial score (nSPS) is 25.7. The molecule has 7 nitrogen and oxygen atoms in total. The molecule has 4 unspecified atom stereocenters. The number of nitrogens with zero attached hydrogens (tertiary/aromatic N) is 2. The molecule has 2 aromatic carbocycles. The molecular formula is C29H30N6O.